The van der Waals surface area contributed by atoms with E-state index >= 15 is 0 Å². The van der Waals surface area contributed by atoms with Crippen molar-refractivity contribution in [2.75, 3.05) is 0 Å². The monoisotopic (exact) mass is 240 g/mol. The fourth-order valence-electron chi connectivity index (χ4n) is 1.48. The number of phenols is 2. The number of aromatic hydroxyl groups is 2. The minimum absolute atomic E-state index is 0.0236. The van der Waals surface area contributed by atoms with Crippen molar-refractivity contribution in [3.63, 3.8) is 0 Å². The first-order chi connectivity index (χ1) is 7.11. The lowest BCUT2D eigenvalue weighted by Gasteiger charge is -2.06. The molecule has 0 aliphatic carbocycles. The Bertz CT molecular complexity index is 526. The molecule has 78 valence electrons. The lowest BCUT2D eigenvalue weighted by molar-refractivity contribution is 0.462. The third-order valence-corrected chi connectivity index (χ3v) is 2.78. The van der Waals surface area contributed by atoms with E-state index in [1.54, 1.807) is 12.1 Å². The van der Waals surface area contributed by atoms with Crippen LogP contribution in [0.4, 0.5) is 0 Å². The summed E-state index contributed by atoms with van der Waals surface area (Å²) in [6, 6.07) is 6.22. The zero-order valence-electron chi connectivity index (χ0n) is 7.51. The Labute approximate surface area is 96.0 Å². The fourth-order valence-corrected chi connectivity index (χ4v) is 2.09. The summed E-state index contributed by atoms with van der Waals surface area (Å²) >= 11 is 4.66. The minimum Gasteiger partial charge on any atom is -0.507 e. The van der Waals surface area contributed by atoms with E-state index in [0.29, 0.717) is 32.6 Å². The van der Waals surface area contributed by atoms with E-state index in [-0.39, 0.29) is 11.5 Å². The predicted octanol–water partition coefficient (Wildman–Crippen LogP) is 3.10. The van der Waals surface area contributed by atoms with Gasteiger partial charge in [0.05, 0.1) is 5.39 Å². The van der Waals surface area contributed by atoms with E-state index < -0.39 is 0 Å². The molecule has 0 amide bonds. The van der Waals surface area contributed by atoms with Crippen molar-refractivity contribution in [1.82, 2.24) is 0 Å². The van der Waals surface area contributed by atoms with Crippen LogP contribution in [0, 0.1) is 0 Å². The first-order valence-corrected chi connectivity index (χ1v) is 5.34. The summed E-state index contributed by atoms with van der Waals surface area (Å²) in [5.74, 6) is -0.0839. The number of benzene rings is 2. The molecule has 5 heteroatoms. The molecule has 3 nitrogen and oxygen atoms in total. The Morgan fingerprint density at radius 3 is 2.33 bits per heavy atom. The predicted molar refractivity (Wildman–Crippen MR) is 63.0 cm³/mol. The molecule has 0 radical (unpaired) electrons. The van der Waals surface area contributed by atoms with E-state index in [0.717, 1.165) is 0 Å². The van der Waals surface area contributed by atoms with E-state index in [9.17, 15) is 10.2 Å². The first-order valence-electron chi connectivity index (χ1n) is 4.12. The highest BCUT2D eigenvalue weighted by atomic mass is 32.2. The lowest BCUT2D eigenvalue weighted by Crippen LogP contribution is -1.79. The third kappa shape index (κ3) is 1.86. The average Bonchev–Trinajstić information content (AvgIpc) is 2.15. The third-order valence-electron chi connectivity index (χ3n) is 2.07. The maximum absolute atomic E-state index is 9.65. The van der Waals surface area contributed by atoms with Crippen molar-refractivity contribution in [3.8, 4) is 11.5 Å². The second-order valence-corrected chi connectivity index (χ2v) is 4.27. The van der Waals surface area contributed by atoms with Gasteiger partial charge in [-0.15, -0.1) is 12.6 Å². The Kier molecular flexibility index (Phi) is 2.68. The van der Waals surface area contributed by atoms with Gasteiger partial charge in [-0.05, 0) is 29.7 Å². The van der Waals surface area contributed by atoms with Crippen molar-refractivity contribution in [3.05, 3.63) is 24.3 Å². The van der Waals surface area contributed by atoms with Crippen LogP contribution in [-0.4, -0.2) is 14.8 Å². The van der Waals surface area contributed by atoms with Gasteiger partial charge < -0.3 is 14.8 Å². The maximum atomic E-state index is 9.65. The SMILES string of the molecule is OSc1cc(O)c2c(O)cc(S)cc2c1. The van der Waals surface area contributed by atoms with Crippen LogP contribution in [0.25, 0.3) is 10.8 Å². The number of hydrogen-bond donors (Lipinski definition) is 4. The summed E-state index contributed by atoms with van der Waals surface area (Å²) in [5.41, 5.74) is 0. The molecule has 0 atom stereocenters. The zero-order chi connectivity index (χ0) is 11.0. The number of phenolic OH excluding ortho intramolecular Hbond substituents is 2. The molecule has 0 spiro atoms. The van der Waals surface area contributed by atoms with Gasteiger partial charge in [0.2, 0.25) is 0 Å². The molecule has 0 unspecified atom stereocenters. The molecule has 0 saturated carbocycles. The van der Waals surface area contributed by atoms with Crippen molar-refractivity contribution in [2.24, 2.45) is 0 Å². The van der Waals surface area contributed by atoms with Gasteiger partial charge in [-0.1, -0.05) is 0 Å². The Morgan fingerprint density at radius 2 is 1.67 bits per heavy atom. The van der Waals surface area contributed by atoms with Gasteiger partial charge in [-0.25, -0.2) is 0 Å². The topological polar surface area (TPSA) is 60.7 Å². The zero-order valence-corrected chi connectivity index (χ0v) is 9.22. The quantitative estimate of drug-likeness (QED) is 0.457. The largest absolute Gasteiger partial charge is 0.507 e. The smallest absolute Gasteiger partial charge is 0.128 e. The number of fused-ring (bicyclic) bond motifs is 1. The van der Waals surface area contributed by atoms with Gasteiger partial charge in [0.15, 0.2) is 0 Å². The van der Waals surface area contributed by atoms with Crippen LogP contribution in [0.15, 0.2) is 34.1 Å². The average molecular weight is 240 g/mol. The van der Waals surface area contributed by atoms with Gasteiger partial charge in [0.1, 0.15) is 11.5 Å². The fraction of sp³-hybridized carbons (Fsp3) is 0. The highest BCUT2D eigenvalue weighted by molar-refractivity contribution is 7.93. The molecule has 0 bridgehead atoms. The molecule has 0 aromatic heterocycles. The van der Waals surface area contributed by atoms with Crippen molar-refractivity contribution in [1.29, 1.82) is 0 Å². The van der Waals surface area contributed by atoms with Crippen molar-refractivity contribution in [2.45, 2.75) is 9.79 Å². The van der Waals surface area contributed by atoms with Crippen LogP contribution in [0.5, 0.6) is 11.5 Å². The standard InChI is InChI=1S/C10H8O3S2/c11-8-3-6(14)1-5-2-7(15-13)4-9(12)10(5)8/h1-4,11-14H. The summed E-state index contributed by atoms with van der Waals surface area (Å²) in [4.78, 5) is 1.11. The second-order valence-electron chi connectivity index (χ2n) is 3.10. The molecule has 3 N–H and O–H groups in total. The van der Waals surface area contributed by atoms with Crippen LogP contribution in [0.1, 0.15) is 0 Å². The molecular formula is C10H8O3S2. The second kappa shape index (κ2) is 3.84. The molecule has 2 rings (SSSR count). The summed E-state index contributed by atoms with van der Waals surface area (Å²) in [7, 11) is 0. The van der Waals surface area contributed by atoms with Crippen LogP contribution < -0.4 is 0 Å². The Morgan fingerprint density at radius 1 is 1.00 bits per heavy atom. The van der Waals surface area contributed by atoms with Crippen molar-refractivity contribution < 1.29 is 14.8 Å². The van der Waals surface area contributed by atoms with Crippen LogP contribution in [0.3, 0.4) is 0 Å². The molecular weight excluding hydrogens is 232 g/mol. The van der Waals surface area contributed by atoms with Gasteiger partial charge >= 0.3 is 0 Å². The highest BCUT2D eigenvalue weighted by Crippen LogP contribution is 2.37. The molecule has 0 fully saturated rings. The molecule has 2 aromatic carbocycles. The number of hydrogen-bond acceptors (Lipinski definition) is 5. The first kappa shape index (κ1) is 10.5. The Hall–Kier alpha value is -1.04. The van der Waals surface area contributed by atoms with Gasteiger partial charge in [-0.3, -0.25) is 0 Å². The molecule has 0 aliphatic heterocycles. The van der Waals surface area contributed by atoms with Gasteiger partial charge in [0, 0.05) is 21.8 Å². The van der Waals surface area contributed by atoms with Crippen LogP contribution >= 0.6 is 24.7 Å². The number of rotatable bonds is 1. The molecule has 0 aliphatic rings. The Balaban J connectivity index is 2.85. The molecule has 0 saturated heterocycles. The van der Waals surface area contributed by atoms with E-state index in [1.807, 2.05) is 0 Å². The van der Waals surface area contributed by atoms with Crippen LogP contribution in [-0.2, 0) is 0 Å². The molecule has 2 aromatic rings. The minimum atomic E-state index is -0.0603. The van der Waals surface area contributed by atoms with Crippen LogP contribution in [0.2, 0.25) is 0 Å². The number of thiol groups is 1. The summed E-state index contributed by atoms with van der Waals surface area (Å²) in [6.07, 6.45) is 0. The van der Waals surface area contributed by atoms with E-state index in [4.69, 9.17) is 4.55 Å². The van der Waals surface area contributed by atoms with E-state index in [1.165, 1.54) is 12.1 Å². The van der Waals surface area contributed by atoms with E-state index in [2.05, 4.69) is 12.6 Å². The normalized spacial score (nSPS) is 10.8. The lowest BCUT2D eigenvalue weighted by atomic mass is 10.1. The summed E-state index contributed by atoms with van der Waals surface area (Å²) in [5, 5.41) is 20.3. The van der Waals surface area contributed by atoms with Gasteiger partial charge in [-0.2, -0.15) is 0 Å². The van der Waals surface area contributed by atoms with Crippen molar-refractivity contribution >= 4 is 35.4 Å². The van der Waals surface area contributed by atoms with Gasteiger partial charge in [0.25, 0.3) is 0 Å². The maximum Gasteiger partial charge on any atom is 0.128 e. The highest BCUT2D eigenvalue weighted by Gasteiger charge is 2.08. The molecule has 0 heterocycles. The molecule has 15 heavy (non-hydrogen) atoms. The summed E-state index contributed by atoms with van der Waals surface area (Å²) < 4.78 is 8.88. The summed E-state index contributed by atoms with van der Waals surface area (Å²) in [6.45, 7) is 0.